The maximum Gasteiger partial charge on any atom is 0.417 e. The largest absolute Gasteiger partial charge is 0.462 e. The van der Waals surface area contributed by atoms with Gasteiger partial charge in [0.1, 0.15) is 21.0 Å². The van der Waals surface area contributed by atoms with Gasteiger partial charge >= 0.3 is 12.1 Å². The summed E-state index contributed by atoms with van der Waals surface area (Å²) >= 11 is 6.37. The second kappa shape index (κ2) is 7.39. The van der Waals surface area contributed by atoms with Crippen molar-refractivity contribution in [1.82, 2.24) is 4.57 Å². The van der Waals surface area contributed by atoms with E-state index in [-0.39, 0.29) is 27.6 Å². The Morgan fingerprint density at radius 1 is 1.50 bits per heavy atom. The minimum atomic E-state index is -4.73. The Labute approximate surface area is 154 Å². The van der Waals surface area contributed by atoms with E-state index in [0.717, 1.165) is 11.3 Å². The number of carbonyl (C=O) groups excluding carboxylic acids is 1. The van der Waals surface area contributed by atoms with Gasteiger partial charge in [-0.1, -0.05) is 11.6 Å². The van der Waals surface area contributed by atoms with E-state index in [1.165, 1.54) is 0 Å². The number of nitrogens with two attached hydrogens (primary N) is 1. The molecular weight excluding hydrogens is 395 g/mol. The molecule has 0 radical (unpaired) electrons. The lowest BCUT2D eigenvalue weighted by atomic mass is 10.1. The van der Waals surface area contributed by atoms with Crippen molar-refractivity contribution < 1.29 is 22.7 Å². The molecule has 2 aromatic heterocycles. The molecule has 0 unspecified atom stereocenters. The first-order chi connectivity index (χ1) is 12.1. The number of hydrogen-bond donors (Lipinski definition) is 1. The third-order valence-corrected chi connectivity index (χ3v) is 4.62. The van der Waals surface area contributed by atoms with Gasteiger partial charge in [-0.25, -0.2) is 4.79 Å². The Morgan fingerprint density at radius 2 is 2.15 bits per heavy atom. The van der Waals surface area contributed by atoms with Crippen LogP contribution in [-0.2, 0) is 17.5 Å². The Hall–Kier alpha value is -2.51. The van der Waals surface area contributed by atoms with Gasteiger partial charge in [-0.3, -0.25) is 4.79 Å². The lowest BCUT2D eigenvalue weighted by Crippen LogP contribution is -2.24. The van der Waals surface area contributed by atoms with E-state index in [4.69, 9.17) is 22.1 Å². The summed E-state index contributed by atoms with van der Waals surface area (Å²) in [7, 11) is 0. The number of nitrogens with zero attached hydrogens (tertiary/aromatic N) is 2. The minimum absolute atomic E-state index is 0.00308. The van der Waals surface area contributed by atoms with Crippen LogP contribution in [-0.4, -0.2) is 17.1 Å². The summed E-state index contributed by atoms with van der Waals surface area (Å²) < 4.78 is 44.4. The van der Waals surface area contributed by atoms with E-state index in [1.54, 1.807) is 13.0 Å². The number of alkyl halides is 3. The van der Waals surface area contributed by atoms with Crippen molar-refractivity contribution in [3.05, 3.63) is 49.2 Å². The van der Waals surface area contributed by atoms with Crippen LogP contribution in [0.2, 0.25) is 5.02 Å². The first kappa shape index (κ1) is 19.8. The molecule has 0 atom stereocenters. The lowest BCUT2D eigenvalue weighted by molar-refractivity contribution is -0.138. The van der Waals surface area contributed by atoms with Crippen molar-refractivity contribution in [2.45, 2.75) is 19.6 Å². The van der Waals surface area contributed by atoms with Gasteiger partial charge in [0, 0.05) is 11.8 Å². The molecule has 0 amide bonds. The fourth-order valence-corrected chi connectivity index (χ4v) is 3.31. The van der Waals surface area contributed by atoms with E-state index in [0.29, 0.717) is 16.8 Å². The maximum absolute atomic E-state index is 13.0. The zero-order chi connectivity index (χ0) is 19.6. The fraction of sp³-hybridized carbons (Fsp3) is 0.267. The molecule has 2 N–H and O–H groups in total. The van der Waals surface area contributed by atoms with E-state index < -0.39 is 34.8 Å². The van der Waals surface area contributed by atoms with Gasteiger partial charge < -0.3 is 15.0 Å². The number of nitriles is 1. The number of thiophene rings is 1. The third kappa shape index (κ3) is 3.84. The first-order valence-corrected chi connectivity index (χ1v) is 8.25. The molecule has 11 heteroatoms. The van der Waals surface area contributed by atoms with Crippen LogP contribution < -0.4 is 11.3 Å². The van der Waals surface area contributed by atoms with Crippen LogP contribution >= 0.6 is 22.9 Å². The Bertz CT molecular complexity index is 960. The highest BCUT2D eigenvalue weighted by atomic mass is 35.5. The number of pyridine rings is 1. The molecule has 0 aromatic carbocycles. The zero-order valence-electron chi connectivity index (χ0n) is 13.2. The first-order valence-electron chi connectivity index (χ1n) is 7.05. The van der Waals surface area contributed by atoms with Crippen molar-refractivity contribution in [1.29, 1.82) is 5.26 Å². The summed E-state index contributed by atoms with van der Waals surface area (Å²) in [6.45, 7) is 1.12. The van der Waals surface area contributed by atoms with Crippen molar-refractivity contribution in [2.24, 2.45) is 0 Å². The highest BCUT2D eigenvalue weighted by molar-refractivity contribution is 7.18. The van der Waals surface area contributed by atoms with Crippen molar-refractivity contribution in [3.63, 3.8) is 0 Å². The standard InChI is InChI=1S/C15H11ClF3N3O3S/c1-2-25-14(24)11-9(8(4-20)12(21)26-11)6-22-5-7(15(17,18)19)3-10(16)13(22)23/h3,5H,2,6,21H2,1H3. The second-order valence-electron chi connectivity index (χ2n) is 4.99. The highest BCUT2D eigenvalue weighted by Crippen LogP contribution is 2.33. The average molecular weight is 406 g/mol. The molecule has 0 aliphatic carbocycles. The number of esters is 1. The fourth-order valence-electron chi connectivity index (χ4n) is 2.16. The lowest BCUT2D eigenvalue weighted by Gasteiger charge is -2.12. The van der Waals surface area contributed by atoms with E-state index in [9.17, 15) is 28.0 Å². The molecule has 6 nitrogen and oxygen atoms in total. The minimum Gasteiger partial charge on any atom is -0.462 e. The van der Waals surface area contributed by atoms with Crippen molar-refractivity contribution in [2.75, 3.05) is 12.3 Å². The van der Waals surface area contributed by atoms with Gasteiger partial charge in [0.25, 0.3) is 5.56 Å². The van der Waals surface area contributed by atoms with Crippen LogP contribution in [0.5, 0.6) is 0 Å². The molecule has 0 aliphatic heterocycles. The van der Waals surface area contributed by atoms with Crippen LogP contribution in [0.4, 0.5) is 18.2 Å². The number of nitrogen functional groups attached to an aromatic ring is 1. The quantitative estimate of drug-likeness (QED) is 0.787. The van der Waals surface area contributed by atoms with E-state index in [2.05, 4.69) is 0 Å². The number of ether oxygens (including phenoxy) is 1. The summed E-state index contributed by atoms with van der Waals surface area (Å²) in [5.74, 6) is -0.785. The summed E-state index contributed by atoms with van der Waals surface area (Å²) in [5, 5.41) is 8.60. The monoisotopic (exact) mass is 405 g/mol. The molecule has 0 spiro atoms. The summed E-state index contributed by atoms with van der Waals surface area (Å²) in [6, 6.07) is 2.30. The molecule has 2 heterocycles. The maximum atomic E-state index is 13.0. The second-order valence-corrected chi connectivity index (χ2v) is 6.45. The average Bonchev–Trinajstić information content (AvgIpc) is 2.86. The van der Waals surface area contributed by atoms with E-state index >= 15 is 0 Å². The Balaban J connectivity index is 2.62. The predicted molar refractivity (Wildman–Crippen MR) is 89.2 cm³/mol. The van der Waals surface area contributed by atoms with Crippen LogP contribution in [0.1, 0.15) is 33.3 Å². The van der Waals surface area contributed by atoms with Crippen LogP contribution in [0.25, 0.3) is 0 Å². The number of hydrogen-bond acceptors (Lipinski definition) is 6. The molecule has 2 aromatic rings. The van der Waals surface area contributed by atoms with Gasteiger partial charge in [-0.2, -0.15) is 18.4 Å². The van der Waals surface area contributed by atoms with Gasteiger partial charge in [-0.05, 0) is 13.0 Å². The van der Waals surface area contributed by atoms with Crippen molar-refractivity contribution >= 4 is 33.9 Å². The summed E-state index contributed by atoms with van der Waals surface area (Å²) in [5.41, 5.74) is 3.57. The molecule has 0 saturated carbocycles. The van der Waals surface area contributed by atoms with Crippen LogP contribution in [0.3, 0.4) is 0 Å². The van der Waals surface area contributed by atoms with Crippen molar-refractivity contribution in [3.8, 4) is 6.07 Å². The summed E-state index contributed by atoms with van der Waals surface area (Å²) in [4.78, 5) is 24.1. The van der Waals surface area contributed by atoms with Gasteiger partial charge in [0.15, 0.2) is 0 Å². The molecule has 0 aliphatic rings. The molecule has 0 saturated heterocycles. The molecule has 138 valence electrons. The van der Waals surface area contributed by atoms with Gasteiger partial charge in [0.05, 0.1) is 24.3 Å². The number of rotatable bonds is 4. The summed E-state index contributed by atoms with van der Waals surface area (Å²) in [6.07, 6.45) is -4.16. The zero-order valence-corrected chi connectivity index (χ0v) is 14.8. The molecule has 0 bridgehead atoms. The number of halogens is 4. The van der Waals surface area contributed by atoms with Gasteiger partial charge in [-0.15, -0.1) is 11.3 Å². The topological polar surface area (TPSA) is 98.1 Å². The molecule has 26 heavy (non-hydrogen) atoms. The molecular formula is C15H11ClF3N3O3S. The number of aromatic nitrogens is 1. The van der Waals surface area contributed by atoms with Crippen LogP contribution in [0.15, 0.2) is 17.1 Å². The van der Waals surface area contributed by atoms with E-state index in [1.807, 2.05) is 0 Å². The third-order valence-electron chi connectivity index (χ3n) is 3.31. The van der Waals surface area contributed by atoms with Gasteiger partial charge in [0.2, 0.25) is 0 Å². The predicted octanol–water partition coefficient (Wildman–Crippen LogP) is 3.26. The number of anilines is 1. The smallest absolute Gasteiger partial charge is 0.417 e. The normalized spacial score (nSPS) is 11.2. The molecule has 2 rings (SSSR count). The highest BCUT2D eigenvalue weighted by Gasteiger charge is 2.32. The van der Waals surface area contributed by atoms with Crippen LogP contribution in [0, 0.1) is 11.3 Å². The molecule has 0 fully saturated rings. The Morgan fingerprint density at radius 3 is 2.69 bits per heavy atom. The SMILES string of the molecule is CCOC(=O)c1sc(N)c(C#N)c1Cn1cc(C(F)(F)F)cc(Cl)c1=O. The Kier molecular flexibility index (Phi) is 5.63. The number of carbonyl (C=O) groups is 1.